The summed E-state index contributed by atoms with van der Waals surface area (Å²) in [6.07, 6.45) is 3.92. The molecule has 3 N–H and O–H groups in total. The van der Waals surface area contributed by atoms with Crippen LogP contribution in [0.2, 0.25) is 0 Å². The van der Waals surface area contributed by atoms with Crippen LogP contribution in [0.3, 0.4) is 0 Å². The third kappa shape index (κ3) is 0.983. The van der Waals surface area contributed by atoms with E-state index in [1.807, 2.05) is 12.2 Å². The molecule has 68 valence electrons. The van der Waals surface area contributed by atoms with Crippen molar-refractivity contribution in [2.45, 2.75) is 19.3 Å². The van der Waals surface area contributed by atoms with Crippen LogP contribution in [-0.2, 0) is 5.41 Å². The number of carbonyl (C=O) groups is 1. The molecule has 0 spiro atoms. The van der Waals surface area contributed by atoms with Gasteiger partial charge in [0.05, 0.1) is 5.69 Å². The molecule has 1 aromatic rings. The lowest BCUT2D eigenvalue weighted by atomic mass is 9.92. The third-order valence-corrected chi connectivity index (χ3v) is 2.35. The zero-order chi connectivity index (χ0) is 9.64. The topological polar surface area (TPSA) is 71.8 Å². The number of H-pyrrole nitrogens is 1. The molecular weight excluding hydrogens is 166 g/mol. The van der Waals surface area contributed by atoms with Crippen LogP contribution < -0.4 is 5.73 Å². The number of allylic oxidation sites excluding steroid dienone is 1. The highest BCUT2D eigenvalue weighted by molar-refractivity contribution is 5.95. The summed E-state index contributed by atoms with van der Waals surface area (Å²) in [4.78, 5) is 10.9. The van der Waals surface area contributed by atoms with Crippen molar-refractivity contribution < 1.29 is 4.79 Å². The molecule has 0 saturated heterocycles. The van der Waals surface area contributed by atoms with Crippen LogP contribution in [-0.4, -0.2) is 16.1 Å². The Morgan fingerprint density at radius 1 is 1.62 bits per heavy atom. The normalized spacial score (nSPS) is 17.4. The summed E-state index contributed by atoms with van der Waals surface area (Å²) in [5.74, 6) is -0.486. The zero-order valence-electron chi connectivity index (χ0n) is 7.59. The van der Waals surface area contributed by atoms with Crippen molar-refractivity contribution in [3.8, 4) is 0 Å². The smallest absolute Gasteiger partial charge is 0.269 e. The second-order valence-corrected chi connectivity index (χ2v) is 3.78. The summed E-state index contributed by atoms with van der Waals surface area (Å²) < 4.78 is 0. The average Bonchev–Trinajstić information content (AvgIpc) is 2.52. The first-order valence-electron chi connectivity index (χ1n) is 4.10. The molecule has 1 aliphatic rings. The van der Waals surface area contributed by atoms with E-state index in [2.05, 4.69) is 24.0 Å². The van der Waals surface area contributed by atoms with Gasteiger partial charge in [0.1, 0.15) is 0 Å². The second kappa shape index (κ2) is 2.22. The highest BCUT2D eigenvalue weighted by atomic mass is 16.1. The number of carbonyl (C=O) groups excluding carboxylic acids is 1. The Balaban J connectivity index is 2.61. The van der Waals surface area contributed by atoms with Crippen LogP contribution >= 0.6 is 0 Å². The molecule has 1 aliphatic carbocycles. The molecule has 1 heterocycles. The molecular formula is C9H11N3O. The molecule has 1 amide bonds. The summed E-state index contributed by atoms with van der Waals surface area (Å²) >= 11 is 0. The summed E-state index contributed by atoms with van der Waals surface area (Å²) in [5, 5.41) is 6.73. The van der Waals surface area contributed by atoms with E-state index in [4.69, 9.17) is 5.73 Å². The van der Waals surface area contributed by atoms with Gasteiger partial charge in [0.25, 0.3) is 5.91 Å². The van der Waals surface area contributed by atoms with E-state index in [9.17, 15) is 4.79 Å². The number of primary amides is 1. The van der Waals surface area contributed by atoms with Crippen molar-refractivity contribution >= 4 is 12.0 Å². The average molecular weight is 177 g/mol. The predicted molar refractivity (Wildman–Crippen MR) is 49.2 cm³/mol. The van der Waals surface area contributed by atoms with Crippen LogP contribution in [0.5, 0.6) is 0 Å². The van der Waals surface area contributed by atoms with E-state index in [0.29, 0.717) is 5.69 Å². The standard InChI is InChI=1S/C9H11N3O/c1-9(2)4-3-5-6(8(10)13)11-12-7(5)9/h3-4H,1-2H3,(H2,10,13)(H,11,12). The molecule has 4 nitrogen and oxygen atoms in total. The fraction of sp³-hybridized carbons (Fsp3) is 0.333. The minimum atomic E-state index is -0.486. The van der Waals surface area contributed by atoms with Crippen molar-refractivity contribution in [2.24, 2.45) is 5.73 Å². The zero-order valence-corrected chi connectivity index (χ0v) is 7.59. The van der Waals surface area contributed by atoms with Crippen LogP contribution in [0, 0.1) is 0 Å². The number of aromatic nitrogens is 2. The molecule has 2 rings (SSSR count). The van der Waals surface area contributed by atoms with Crippen LogP contribution in [0.25, 0.3) is 6.08 Å². The lowest BCUT2D eigenvalue weighted by Gasteiger charge is -2.13. The van der Waals surface area contributed by atoms with Gasteiger partial charge in [-0.1, -0.05) is 26.0 Å². The van der Waals surface area contributed by atoms with Gasteiger partial charge in [0.15, 0.2) is 5.69 Å². The molecule has 0 fully saturated rings. The number of aromatic amines is 1. The van der Waals surface area contributed by atoms with Gasteiger partial charge in [-0.3, -0.25) is 9.89 Å². The van der Waals surface area contributed by atoms with Gasteiger partial charge < -0.3 is 5.73 Å². The SMILES string of the molecule is CC1(C)C=Cc2c(C(N)=O)n[nH]c21. The Bertz CT molecular complexity index is 401. The number of nitrogens with one attached hydrogen (secondary N) is 1. The van der Waals surface area contributed by atoms with Gasteiger partial charge in [-0.25, -0.2) is 0 Å². The summed E-state index contributed by atoms with van der Waals surface area (Å²) in [6, 6.07) is 0. The molecule has 1 aromatic heterocycles. The Morgan fingerprint density at radius 2 is 2.31 bits per heavy atom. The van der Waals surface area contributed by atoms with Gasteiger partial charge >= 0.3 is 0 Å². The molecule has 0 radical (unpaired) electrons. The lowest BCUT2D eigenvalue weighted by Crippen LogP contribution is -2.13. The van der Waals surface area contributed by atoms with Crippen molar-refractivity contribution in [3.63, 3.8) is 0 Å². The van der Waals surface area contributed by atoms with Gasteiger partial charge in [0, 0.05) is 11.0 Å². The van der Waals surface area contributed by atoms with Gasteiger partial charge in [-0.2, -0.15) is 5.10 Å². The highest BCUT2D eigenvalue weighted by Crippen LogP contribution is 2.34. The monoisotopic (exact) mass is 177 g/mol. The Kier molecular flexibility index (Phi) is 1.37. The van der Waals surface area contributed by atoms with Crippen molar-refractivity contribution in [1.82, 2.24) is 10.2 Å². The molecule has 0 bridgehead atoms. The first kappa shape index (κ1) is 8.04. The Hall–Kier alpha value is -1.58. The first-order chi connectivity index (χ1) is 6.02. The van der Waals surface area contributed by atoms with Crippen LogP contribution in [0.15, 0.2) is 6.08 Å². The van der Waals surface area contributed by atoms with Crippen LogP contribution in [0.1, 0.15) is 35.6 Å². The minimum absolute atomic E-state index is 0.0734. The van der Waals surface area contributed by atoms with Gasteiger partial charge in [0.2, 0.25) is 0 Å². The van der Waals surface area contributed by atoms with Crippen molar-refractivity contribution in [2.75, 3.05) is 0 Å². The number of nitrogens with zero attached hydrogens (tertiary/aromatic N) is 1. The fourth-order valence-electron chi connectivity index (χ4n) is 1.57. The third-order valence-electron chi connectivity index (χ3n) is 2.35. The van der Waals surface area contributed by atoms with Gasteiger partial charge in [-0.15, -0.1) is 0 Å². The predicted octanol–water partition coefficient (Wildman–Crippen LogP) is 0.813. The number of hydrogen-bond acceptors (Lipinski definition) is 2. The molecule has 0 aliphatic heterocycles. The second-order valence-electron chi connectivity index (χ2n) is 3.78. The van der Waals surface area contributed by atoms with Crippen LogP contribution in [0.4, 0.5) is 0 Å². The molecule has 0 saturated carbocycles. The van der Waals surface area contributed by atoms with E-state index < -0.39 is 5.91 Å². The minimum Gasteiger partial charge on any atom is -0.364 e. The van der Waals surface area contributed by atoms with E-state index in [0.717, 1.165) is 11.3 Å². The number of hydrogen-bond donors (Lipinski definition) is 2. The quantitative estimate of drug-likeness (QED) is 0.666. The van der Waals surface area contributed by atoms with Crippen molar-refractivity contribution in [1.29, 1.82) is 0 Å². The van der Waals surface area contributed by atoms with E-state index in [-0.39, 0.29) is 5.41 Å². The highest BCUT2D eigenvalue weighted by Gasteiger charge is 2.30. The lowest BCUT2D eigenvalue weighted by molar-refractivity contribution is 0.0995. The summed E-state index contributed by atoms with van der Waals surface area (Å²) in [5.41, 5.74) is 7.21. The first-order valence-corrected chi connectivity index (χ1v) is 4.10. The number of rotatable bonds is 1. The molecule has 4 heteroatoms. The van der Waals surface area contributed by atoms with E-state index >= 15 is 0 Å². The maximum atomic E-state index is 10.9. The fourth-order valence-corrected chi connectivity index (χ4v) is 1.57. The van der Waals surface area contributed by atoms with Crippen molar-refractivity contribution in [3.05, 3.63) is 23.0 Å². The molecule has 0 atom stereocenters. The Labute approximate surface area is 75.8 Å². The number of fused-ring (bicyclic) bond motifs is 1. The maximum Gasteiger partial charge on any atom is 0.269 e. The molecule has 0 aromatic carbocycles. The summed E-state index contributed by atoms with van der Waals surface area (Å²) in [7, 11) is 0. The largest absolute Gasteiger partial charge is 0.364 e. The summed E-state index contributed by atoms with van der Waals surface area (Å²) in [6.45, 7) is 4.11. The van der Waals surface area contributed by atoms with E-state index in [1.165, 1.54) is 0 Å². The number of nitrogens with two attached hydrogens (primary N) is 1. The van der Waals surface area contributed by atoms with Gasteiger partial charge in [-0.05, 0) is 0 Å². The maximum absolute atomic E-state index is 10.9. The molecule has 0 unspecified atom stereocenters. The number of amides is 1. The Morgan fingerprint density at radius 3 is 2.92 bits per heavy atom. The molecule has 13 heavy (non-hydrogen) atoms. The van der Waals surface area contributed by atoms with E-state index in [1.54, 1.807) is 0 Å².